The minimum absolute atomic E-state index is 0.0528. The van der Waals surface area contributed by atoms with E-state index in [-0.39, 0.29) is 10.7 Å². The van der Waals surface area contributed by atoms with Crippen molar-refractivity contribution < 1.29 is 22.8 Å². The molecule has 1 fully saturated rings. The summed E-state index contributed by atoms with van der Waals surface area (Å²) in [5.74, 6) is -1.25. The van der Waals surface area contributed by atoms with Crippen LogP contribution in [0.15, 0.2) is 78.4 Å². The van der Waals surface area contributed by atoms with E-state index in [1.165, 1.54) is 23.1 Å². The maximum absolute atomic E-state index is 13.1. The minimum atomic E-state index is -4.42. The Morgan fingerprint density at radius 1 is 0.909 bits per heavy atom. The molecule has 3 aromatic carbocycles. The van der Waals surface area contributed by atoms with Crippen LogP contribution in [0.1, 0.15) is 11.1 Å². The largest absolute Gasteiger partial charge is 0.416 e. The first kappa shape index (κ1) is 22.7. The van der Waals surface area contributed by atoms with Gasteiger partial charge in [-0.25, -0.2) is 0 Å². The third-order valence-corrected chi connectivity index (χ3v) is 5.47. The van der Waals surface area contributed by atoms with Crippen LogP contribution >= 0.6 is 23.8 Å². The second-order valence-electron chi connectivity index (χ2n) is 7.13. The number of hydrogen-bond acceptors (Lipinski definition) is 3. The Labute approximate surface area is 197 Å². The number of alkyl halides is 3. The zero-order valence-electron chi connectivity index (χ0n) is 16.7. The van der Waals surface area contributed by atoms with Crippen molar-refractivity contribution in [2.75, 3.05) is 4.90 Å². The van der Waals surface area contributed by atoms with Crippen molar-refractivity contribution in [2.45, 2.75) is 6.18 Å². The first-order valence-electron chi connectivity index (χ1n) is 9.58. The predicted molar refractivity (Wildman–Crippen MR) is 125 cm³/mol. The number of halogens is 4. The molecular weight excluding hydrogens is 473 g/mol. The van der Waals surface area contributed by atoms with Gasteiger partial charge in [0.25, 0.3) is 11.8 Å². The molecule has 1 aliphatic rings. The number of anilines is 1. The second kappa shape index (κ2) is 8.80. The highest BCUT2D eigenvalue weighted by Gasteiger charge is 2.34. The van der Waals surface area contributed by atoms with Gasteiger partial charge in [0.2, 0.25) is 0 Å². The normalized spacial score (nSPS) is 15.7. The molecule has 33 heavy (non-hydrogen) atoms. The molecule has 0 atom stereocenters. The fourth-order valence-electron chi connectivity index (χ4n) is 3.31. The lowest BCUT2D eigenvalue weighted by atomic mass is 10.00. The van der Waals surface area contributed by atoms with Crippen LogP contribution in [-0.2, 0) is 15.8 Å². The Hall–Kier alpha value is -3.49. The number of benzene rings is 3. The van der Waals surface area contributed by atoms with Crippen LogP contribution in [0, 0.1) is 0 Å². The first-order chi connectivity index (χ1) is 15.6. The zero-order valence-corrected chi connectivity index (χ0v) is 18.3. The fourth-order valence-corrected chi connectivity index (χ4v) is 3.72. The zero-order chi connectivity index (χ0) is 23.8. The molecule has 0 radical (unpaired) electrons. The molecule has 1 heterocycles. The van der Waals surface area contributed by atoms with E-state index >= 15 is 0 Å². The molecule has 2 amide bonds. The van der Waals surface area contributed by atoms with Crippen LogP contribution in [0.4, 0.5) is 18.9 Å². The molecule has 4 rings (SSSR count). The highest BCUT2D eigenvalue weighted by atomic mass is 35.5. The van der Waals surface area contributed by atoms with E-state index < -0.39 is 23.6 Å². The smallest absolute Gasteiger partial charge is 0.298 e. The van der Waals surface area contributed by atoms with E-state index in [0.717, 1.165) is 12.1 Å². The summed E-state index contributed by atoms with van der Waals surface area (Å²) in [4.78, 5) is 26.8. The number of nitrogens with zero attached hydrogens (tertiary/aromatic N) is 1. The van der Waals surface area contributed by atoms with E-state index in [4.69, 9.17) is 23.8 Å². The average molecular weight is 487 g/mol. The average Bonchev–Trinajstić information content (AvgIpc) is 2.77. The van der Waals surface area contributed by atoms with E-state index in [9.17, 15) is 22.8 Å². The number of rotatable bonds is 3. The van der Waals surface area contributed by atoms with Gasteiger partial charge in [-0.05, 0) is 77.4 Å². The monoisotopic (exact) mass is 486 g/mol. The maximum Gasteiger partial charge on any atom is 0.416 e. The summed E-state index contributed by atoms with van der Waals surface area (Å²) in [5.41, 5.74) is 1.28. The van der Waals surface area contributed by atoms with Crippen molar-refractivity contribution in [1.29, 1.82) is 0 Å². The Morgan fingerprint density at radius 3 is 2.21 bits per heavy atom. The van der Waals surface area contributed by atoms with Crippen molar-refractivity contribution in [3.63, 3.8) is 0 Å². The Balaban J connectivity index is 1.66. The van der Waals surface area contributed by atoms with Crippen molar-refractivity contribution in [2.24, 2.45) is 0 Å². The molecule has 0 unspecified atom stereocenters. The summed E-state index contributed by atoms with van der Waals surface area (Å²) in [7, 11) is 0. The summed E-state index contributed by atoms with van der Waals surface area (Å²) in [6.45, 7) is 0. The van der Waals surface area contributed by atoms with Gasteiger partial charge in [0, 0.05) is 5.02 Å². The molecule has 166 valence electrons. The minimum Gasteiger partial charge on any atom is -0.298 e. The lowest BCUT2D eigenvalue weighted by molar-refractivity contribution is -0.137. The molecule has 0 spiro atoms. The summed E-state index contributed by atoms with van der Waals surface area (Å²) < 4.78 is 38.5. The molecule has 9 heteroatoms. The number of amides is 2. The van der Waals surface area contributed by atoms with E-state index in [0.29, 0.717) is 27.4 Å². The van der Waals surface area contributed by atoms with E-state index in [1.54, 1.807) is 48.5 Å². The summed E-state index contributed by atoms with van der Waals surface area (Å²) in [6.07, 6.45) is -3.01. The van der Waals surface area contributed by atoms with Crippen molar-refractivity contribution in [1.82, 2.24) is 5.32 Å². The van der Waals surface area contributed by atoms with Crippen molar-refractivity contribution in [3.8, 4) is 11.1 Å². The molecule has 0 aliphatic carbocycles. The van der Waals surface area contributed by atoms with Gasteiger partial charge >= 0.3 is 6.18 Å². The number of carbonyl (C=O) groups excluding carboxylic acids is 2. The van der Waals surface area contributed by atoms with Gasteiger partial charge in [-0.3, -0.25) is 19.8 Å². The molecule has 1 N–H and O–H groups in total. The topological polar surface area (TPSA) is 49.4 Å². The molecule has 0 bridgehead atoms. The standard InChI is InChI=1S/C24H14ClF3N2O2S/c25-18-8-10-19(11-9-18)30-22(32)20(21(31)29-23(30)33)13-14-2-1-3-16(12-14)15-4-6-17(7-5-15)24(26,27)28/h1-13H,(H,29,31,33)/b20-13+. The molecule has 4 nitrogen and oxygen atoms in total. The number of hydrogen-bond donors (Lipinski definition) is 1. The lowest BCUT2D eigenvalue weighted by Crippen LogP contribution is -2.54. The van der Waals surface area contributed by atoms with Crippen molar-refractivity contribution >= 4 is 52.5 Å². The molecule has 1 aliphatic heterocycles. The Kier molecular flexibility index (Phi) is 6.05. The van der Waals surface area contributed by atoms with E-state index in [1.807, 2.05) is 0 Å². The predicted octanol–water partition coefficient (Wildman–Crippen LogP) is 5.86. The maximum atomic E-state index is 13.1. The summed E-state index contributed by atoms with van der Waals surface area (Å²) >= 11 is 11.1. The SMILES string of the molecule is O=C1NC(=S)N(c2ccc(Cl)cc2)C(=O)/C1=C/c1cccc(-c2ccc(C(F)(F)F)cc2)c1. The number of carbonyl (C=O) groups is 2. The lowest BCUT2D eigenvalue weighted by Gasteiger charge is -2.29. The van der Waals surface area contributed by atoms with Gasteiger partial charge in [-0.1, -0.05) is 41.9 Å². The molecule has 0 saturated carbocycles. The second-order valence-corrected chi connectivity index (χ2v) is 7.96. The van der Waals surface area contributed by atoms with Crippen LogP contribution in [0.25, 0.3) is 17.2 Å². The molecule has 1 saturated heterocycles. The van der Waals surface area contributed by atoms with Gasteiger partial charge in [0.15, 0.2) is 5.11 Å². The number of nitrogens with one attached hydrogen (secondary N) is 1. The Morgan fingerprint density at radius 2 is 1.58 bits per heavy atom. The fraction of sp³-hybridized carbons (Fsp3) is 0.0417. The quantitative estimate of drug-likeness (QED) is 0.287. The summed E-state index contributed by atoms with van der Waals surface area (Å²) in [6, 6.07) is 17.9. The van der Waals surface area contributed by atoms with E-state index in [2.05, 4.69) is 5.32 Å². The van der Waals surface area contributed by atoms with Crippen LogP contribution in [0.3, 0.4) is 0 Å². The van der Waals surface area contributed by atoms with Crippen molar-refractivity contribution in [3.05, 3.63) is 94.5 Å². The van der Waals surface area contributed by atoms with Gasteiger partial charge in [0.1, 0.15) is 5.57 Å². The third kappa shape index (κ3) is 4.81. The third-order valence-electron chi connectivity index (χ3n) is 4.93. The van der Waals surface area contributed by atoms with Crippen LogP contribution in [-0.4, -0.2) is 16.9 Å². The van der Waals surface area contributed by atoms with Gasteiger partial charge < -0.3 is 0 Å². The van der Waals surface area contributed by atoms with Crippen LogP contribution in [0.5, 0.6) is 0 Å². The molecule has 0 aromatic heterocycles. The molecular formula is C24H14ClF3N2O2S. The van der Waals surface area contributed by atoms with Gasteiger partial charge in [-0.2, -0.15) is 13.2 Å². The number of thiocarbonyl (C=S) groups is 1. The molecule has 3 aromatic rings. The summed E-state index contributed by atoms with van der Waals surface area (Å²) in [5, 5.41) is 2.93. The highest BCUT2D eigenvalue weighted by Crippen LogP contribution is 2.31. The first-order valence-corrected chi connectivity index (χ1v) is 10.4. The highest BCUT2D eigenvalue weighted by molar-refractivity contribution is 7.80. The van der Waals surface area contributed by atoms with Gasteiger partial charge in [0.05, 0.1) is 11.3 Å². The van der Waals surface area contributed by atoms with Crippen LogP contribution < -0.4 is 10.2 Å². The van der Waals surface area contributed by atoms with Gasteiger partial charge in [-0.15, -0.1) is 0 Å². The van der Waals surface area contributed by atoms with Crippen LogP contribution in [0.2, 0.25) is 5.02 Å². The Bertz CT molecular complexity index is 1290.